The van der Waals surface area contributed by atoms with Crippen LogP contribution in [0.5, 0.6) is 0 Å². The quantitative estimate of drug-likeness (QED) is 0.419. The van der Waals surface area contributed by atoms with Crippen molar-refractivity contribution in [1.29, 1.82) is 0 Å². The van der Waals surface area contributed by atoms with E-state index >= 15 is 0 Å². The monoisotopic (exact) mass is 406 g/mol. The van der Waals surface area contributed by atoms with Gasteiger partial charge in [-0.2, -0.15) is 5.10 Å². The fourth-order valence-electron chi connectivity index (χ4n) is 4.04. The van der Waals surface area contributed by atoms with Crippen LogP contribution in [0.2, 0.25) is 0 Å². The van der Waals surface area contributed by atoms with Crippen molar-refractivity contribution in [3.63, 3.8) is 0 Å². The highest BCUT2D eigenvalue weighted by Crippen LogP contribution is 2.31. The van der Waals surface area contributed by atoms with Crippen LogP contribution in [0.3, 0.4) is 0 Å². The number of pyridine rings is 1. The Morgan fingerprint density at radius 3 is 2.52 bits per heavy atom. The fourth-order valence-corrected chi connectivity index (χ4v) is 4.04. The molecule has 0 aliphatic carbocycles. The normalized spacial score (nSPS) is 11.2. The first-order chi connectivity index (χ1) is 15.1. The molecule has 0 bridgehead atoms. The number of aryl methyl sites for hydroxylation is 1. The summed E-state index contributed by atoms with van der Waals surface area (Å²) in [5.74, 6) is -0.0380. The summed E-state index contributed by atoms with van der Waals surface area (Å²) in [6, 6.07) is 24.2. The zero-order valence-electron chi connectivity index (χ0n) is 17.5. The van der Waals surface area contributed by atoms with E-state index in [1.54, 1.807) is 15.8 Å². The molecule has 5 rings (SSSR count). The Bertz CT molecular complexity index is 1410. The van der Waals surface area contributed by atoms with Gasteiger partial charge in [-0.05, 0) is 22.9 Å². The first kappa shape index (κ1) is 19.0. The lowest BCUT2D eigenvalue weighted by molar-refractivity contribution is 0.0787. The SMILES string of the molecule is CN(Cc1cnn(C)c1)C(=O)c1cc(-c2cccc3ccccc23)nc2ccccc12. The van der Waals surface area contributed by atoms with Gasteiger partial charge in [-0.15, -0.1) is 0 Å². The molecule has 0 fully saturated rings. The molecule has 3 aromatic carbocycles. The van der Waals surface area contributed by atoms with Gasteiger partial charge in [-0.1, -0.05) is 60.7 Å². The van der Waals surface area contributed by atoms with Gasteiger partial charge in [0.2, 0.25) is 0 Å². The molecule has 0 saturated heterocycles. The van der Waals surface area contributed by atoms with Crippen molar-refractivity contribution < 1.29 is 4.79 Å². The Morgan fingerprint density at radius 1 is 0.968 bits per heavy atom. The van der Waals surface area contributed by atoms with Crippen LogP contribution in [0, 0.1) is 0 Å². The minimum atomic E-state index is -0.0380. The third-order valence-electron chi connectivity index (χ3n) is 5.54. The summed E-state index contributed by atoms with van der Waals surface area (Å²) in [5.41, 5.74) is 4.28. The molecule has 0 aliphatic rings. The second-order valence-corrected chi connectivity index (χ2v) is 7.78. The van der Waals surface area contributed by atoms with Gasteiger partial charge in [0.15, 0.2) is 0 Å². The van der Waals surface area contributed by atoms with E-state index in [-0.39, 0.29) is 5.91 Å². The van der Waals surface area contributed by atoms with Crippen LogP contribution >= 0.6 is 0 Å². The fraction of sp³-hybridized carbons (Fsp3) is 0.115. The summed E-state index contributed by atoms with van der Waals surface area (Å²) in [6.07, 6.45) is 3.71. The number of hydrogen-bond donors (Lipinski definition) is 0. The van der Waals surface area contributed by atoms with E-state index in [1.165, 1.54) is 0 Å². The van der Waals surface area contributed by atoms with Crippen molar-refractivity contribution in [3.8, 4) is 11.3 Å². The molecule has 0 atom stereocenters. The highest BCUT2D eigenvalue weighted by molar-refractivity contribution is 6.08. The summed E-state index contributed by atoms with van der Waals surface area (Å²) < 4.78 is 1.74. The summed E-state index contributed by atoms with van der Waals surface area (Å²) in [5, 5.41) is 7.33. The predicted octanol–water partition coefficient (Wildman–Crippen LogP) is 5.06. The smallest absolute Gasteiger partial charge is 0.254 e. The Labute approximate surface area is 180 Å². The van der Waals surface area contributed by atoms with Crippen molar-refractivity contribution in [2.75, 3.05) is 7.05 Å². The van der Waals surface area contributed by atoms with Crippen LogP contribution in [0.4, 0.5) is 0 Å². The second kappa shape index (κ2) is 7.69. The van der Waals surface area contributed by atoms with Crippen LogP contribution < -0.4 is 0 Å². The summed E-state index contributed by atoms with van der Waals surface area (Å²) >= 11 is 0. The predicted molar refractivity (Wildman–Crippen MR) is 124 cm³/mol. The minimum absolute atomic E-state index is 0.0380. The molecule has 152 valence electrons. The van der Waals surface area contributed by atoms with E-state index in [2.05, 4.69) is 29.4 Å². The Balaban J connectivity index is 1.63. The number of fused-ring (bicyclic) bond motifs is 2. The van der Waals surface area contributed by atoms with E-state index in [1.807, 2.05) is 68.8 Å². The molecule has 31 heavy (non-hydrogen) atoms. The van der Waals surface area contributed by atoms with Crippen LogP contribution in [-0.2, 0) is 13.6 Å². The van der Waals surface area contributed by atoms with E-state index < -0.39 is 0 Å². The number of amides is 1. The molecule has 2 aromatic heterocycles. The molecule has 0 aliphatic heterocycles. The zero-order chi connectivity index (χ0) is 21.4. The van der Waals surface area contributed by atoms with Crippen LogP contribution in [0.1, 0.15) is 15.9 Å². The number of para-hydroxylation sites is 1. The molecule has 0 unspecified atom stereocenters. The molecule has 0 N–H and O–H groups in total. The molecule has 1 amide bonds. The molecule has 5 nitrogen and oxygen atoms in total. The van der Waals surface area contributed by atoms with Gasteiger partial charge in [-0.3, -0.25) is 9.48 Å². The van der Waals surface area contributed by atoms with Gasteiger partial charge in [0.1, 0.15) is 0 Å². The molecule has 0 spiro atoms. The number of rotatable bonds is 4. The summed E-state index contributed by atoms with van der Waals surface area (Å²) in [7, 11) is 3.69. The Kier molecular flexibility index (Phi) is 4.71. The molecule has 0 radical (unpaired) electrons. The van der Waals surface area contributed by atoms with Gasteiger partial charge >= 0.3 is 0 Å². The van der Waals surface area contributed by atoms with Crippen LogP contribution in [0.25, 0.3) is 32.9 Å². The van der Waals surface area contributed by atoms with Crippen LogP contribution in [0.15, 0.2) is 85.2 Å². The molecular formula is C26H22N4O. The van der Waals surface area contributed by atoms with Crippen LogP contribution in [-0.4, -0.2) is 32.6 Å². The van der Waals surface area contributed by atoms with E-state index in [9.17, 15) is 4.79 Å². The number of nitrogens with zero attached hydrogens (tertiary/aromatic N) is 4. The van der Waals surface area contributed by atoms with Crippen molar-refractivity contribution >= 4 is 27.6 Å². The molecule has 0 saturated carbocycles. The number of aromatic nitrogens is 3. The van der Waals surface area contributed by atoms with Gasteiger partial charge < -0.3 is 4.90 Å². The topological polar surface area (TPSA) is 51.0 Å². The lowest BCUT2D eigenvalue weighted by Crippen LogP contribution is -2.26. The number of carbonyl (C=O) groups is 1. The summed E-state index contributed by atoms with van der Waals surface area (Å²) in [4.78, 5) is 20.1. The molecular weight excluding hydrogens is 384 g/mol. The van der Waals surface area contributed by atoms with Gasteiger partial charge in [0, 0.05) is 43.4 Å². The van der Waals surface area contributed by atoms with Gasteiger partial charge in [0.25, 0.3) is 5.91 Å². The first-order valence-corrected chi connectivity index (χ1v) is 10.2. The maximum absolute atomic E-state index is 13.5. The van der Waals surface area contributed by atoms with Crippen molar-refractivity contribution in [2.24, 2.45) is 7.05 Å². The lowest BCUT2D eigenvalue weighted by Gasteiger charge is -2.18. The maximum atomic E-state index is 13.5. The third-order valence-corrected chi connectivity index (χ3v) is 5.54. The maximum Gasteiger partial charge on any atom is 0.254 e. The van der Waals surface area contributed by atoms with Gasteiger partial charge in [-0.25, -0.2) is 4.98 Å². The van der Waals surface area contributed by atoms with E-state index in [0.717, 1.165) is 38.5 Å². The number of hydrogen-bond acceptors (Lipinski definition) is 3. The van der Waals surface area contributed by atoms with Crippen molar-refractivity contribution in [1.82, 2.24) is 19.7 Å². The Morgan fingerprint density at radius 2 is 1.71 bits per heavy atom. The van der Waals surface area contributed by atoms with Crippen molar-refractivity contribution in [3.05, 3.63) is 96.3 Å². The standard InChI is InChI=1S/C26H22N4O/c1-29(16-18-15-27-30(2)17-18)26(31)23-14-25(28-24-13-6-5-11-22(23)24)21-12-7-9-19-8-3-4-10-20(19)21/h3-15,17H,16H2,1-2H3. The molecule has 5 heteroatoms. The largest absolute Gasteiger partial charge is 0.337 e. The van der Waals surface area contributed by atoms with E-state index in [0.29, 0.717) is 12.1 Å². The second-order valence-electron chi connectivity index (χ2n) is 7.78. The molecule has 5 aromatic rings. The highest BCUT2D eigenvalue weighted by atomic mass is 16.2. The Hall–Kier alpha value is -3.99. The van der Waals surface area contributed by atoms with Gasteiger partial charge in [0.05, 0.1) is 23.0 Å². The minimum Gasteiger partial charge on any atom is -0.337 e. The molecule has 2 heterocycles. The average Bonchev–Trinajstić information content (AvgIpc) is 3.21. The average molecular weight is 406 g/mol. The first-order valence-electron chi connectivity index (χ1n) is 10.2. The highest BCUT2D eigenvalue weighted by Gasteiger charge is 2.18. The lowest BCUT2D eigenvalue weighted by atomic mass is 9.98. The number of benzene rings is 3. The number of carbonyl (C=O) groups excluding carboxylic acids is 1. The third kappa shape index (κ3) is 3.55. The zero-order valence-corrected chi connectivity index (χ0v) is 17.5. The van der Waals surface area contributed by atoms with Crippen molar-refractivity contribution in [2.45, 2.75) is 6.54 Å². The van der Waals surface area contributed by atoms with E-state index in [4.69, 9.17) is 4.98 Å². The summed E-state index contributed by atoms with van der Waals surface area (Å²) in [6.45, 7) is 0.493.